The van der Waals surface area contributed by atoms with Gasteiger partial charge in [-0.2, -0.15) is 26.3 Å². The van der Waals surface area contributed by atoms with Gasteiger partial charge in [-0.3, -0.25) is 19.3 Å². The fourth-order valence-corrected chi connectivity index (χ4v) is 4.45. The summed E-state index contributed by atoms with van der Waals surface area (Å²) in [6.07, 6.45) is -12.6. The highest BCUT2D eigenvalue weighted by atomic mass is 19.4. The molecule has 0 aliphatic heterocycles. The van der Waals surface area contributed by atoms with Crippen molar-refractivity contribution in [3.8, 4) is 0 Å². The molecule has 0 aromatic heterocycles. The molecule has 0 radical (unpaired) electrons. The molecule has 3 amide bonds. The van der Waals surface area contributed by atoms with Crippen LogP contribution < -0.4 is 15.5 Å². The average molecular weight is 584 g/mol. The van der Waals surface area contributed by atoms with Crippen molar-refractivity contribution in [2.24, 2.45) is 5.73 Å². The number of alkyl halides is 7. The molecule has 0 saturated carbocycles. The third kappa shape index (κ3) is 6.03. The monoisotopic (exact) mass is 583 g/mol. The average Bonchev–Trinajstić information content (AvgIpc) is 2.89. The summed E-state index contributed by atoms with van der Waals surface area (Å²) in [6, 6.07) is 14.2. The van der Waals surface area contributed by atoms with E-state index in [0.29, 0.717) is 12.1 Å². The van der Waals surface area contributed by atoms with E-state index < -0.39 is 47.9 Å². The number of amides is 3. The minimum absolute atomic E-state index is 0.0337. The SMILES string of the molecule is Cc1cc(C(F)(C(F)(F)F)C(F)(F)F)cc(C)c1N(C)C(=O)c1cccc(N(CC(N)=O)C(=O)c2ccccc2)c1. The largest absolute Gasteiger partial charge is 0.435 e. The van der Waals surface area contributed by atoms with Gasteiger partial charge in [0.25, 0.3) is 11.8 Å². The van der Waals surface area contributed by atoms with E-state index in [1.807, 2.05) is 0 Å². The number of anilines is 2. The Labute approximate surface area is 230 Å². The molecule has 0 spiro atoms. The van der Waals surface area contributed by atoms with Crippen LogP contribution in [0.5, 0.6) is 0 Å². The number of carbonyl (C=O) groups is 3. The van der Waals surface area contributed by atoms with Crippen molar-refractivity contribution in [2.75, 3.05) is 23.4 Å². The third-order valence-corrected chi connectivity index (χ3v) is 6.29. The quantitative estimate of drug-likeness (QED) is 0.347. The minimum Gasteiger partial charge on any atom is -0.368 e. The van der Waals surface area contributed by atoms with Crippen LogP contribution in [0.1, 0.15) is 37.4 Å². The molecule has 3 rings (SSSR count). The lowest BCUT2D eigenvalue weighted by Crippen LogP contribution is -2.50. The molecule has 2 N–H and O–H groups in total. The highest BCUT2D eigenvalue weighted by Gasteiger charge is 2.73. The predicted molar refractivity (Wildman–Crippen MR) is 137 cm³/mol. The number of carbonyl (C=O) groups excluding carboxylic acids is 3. The lowest BCUT2D eigenvalue weighted by atomic mass is 9.90. The van der Waals surface area contributed by atoms with Crippen molar-refractivity contribution in [3.05, 3.63) is 94.5 Å². The Kier molecular flexibility index (Phi) is 8.51. The van der Waals surface area contributed by atoms with E-state index in [4.69, 9.17) is 5.73 Å². The van der Waals surface area contributed by atoms with Crippen LogP contribution in [-0.2, 0) is 10.5 Å². The van der Waals surface area contributed by atoms with Gasteiger partial charge in [0.2, 0.25) is 5.91 Å². The molecule has 0 unspecified atom stereocenters. The Morgan fingerprint density at radius 3 is 1.73 bits per heavy atom. The first kappa shape index (κ1) is 31.1. The van der Waals surface area contributed by atoms with Gasteiger partial charge >= 0.3 is 18.0 Å². The Morgan fingerprint density at radius 1 is 0.732 bits per heavy atom. The van der Waals surface area contributed by atoms with Gasteiger partial charge in [0, 0.05) is 35.1 Å². The standard InChI is InChI=1S/C28H24F7N3O3/c1-16-12-20(26(29,27(30,31)32)28(33,34)35)13-17(2)23(16)37(3)24(40)19-10-7-11-21(14-19)38(15-22(36)39)25(41)18-8-5-4-6-9-18/h4-14H,15H2,1-3H3,(H2,36,39). The fraction of sp³-hybridized carbons (Fsp3) is 0.250. The highest BCUT2D eigenvalue weighted by molar-refractivity contribution is 6.10. The molecule has 41 heavy (non-hydrogen) atoms. The number of hydrogen-bond donors (Lipinski definition) is 1. The number of primary amides is 1. The molecule has 6 nitrogen and oxygen atoms in total. The summed E-state index contributed by atoms with van der Waals surface area (Å²) in [5, 5.41) is 0. The second-order valence-corrected chi connectivity index (χ2v) is 9.25. The van der Waals surface area contributed by atoms with Crippen molar-refractivity contribution in [1.29, 1.82) is 0 Å². The summed E-state index contributed by atoms with van der Waals surface area (Å²) in [7, 11) is 1.23. The van der Waals surface area contributed by atoms with Crippen LogP contribution in [0.25, 0.3) is 0 Å². The van der Waals surface area contributed by atoms with Crippen LogP contribution in [0.4, 0.5) is 42.1 Å². The molecule has 3 aromatic carbocycles. The lowest BCUT2D eigenvalue weighted by molar-refractivity contribution is -0.348. The Balaban J connectivity index is 2.02. The van der Waals surface area contributed by atoms with E-state index in [9.17, 15) is 45.1 Å². The van der Waals surface area contributed by atoms with E-state index in [-0.39, 0.29) is 33.6 Å². The lowest BCUT2D eigenvalue weighted by Gasteiger charge is -2.32. The molecule has 0 atom stereocenters. The van der Waals surface area contributed by atoms with Crippen molar-refractivity contribution >= 4 is 29.1 Å². The smallest absolute Gasteiger partial charge is 0.368 e. The number of halogens is 7. The summed E-state index contributed by atoms with van der Waals surface area (Å²) in [4.78, 5) is 40.2. The number of hydrogen-bond acceptors (Lipinski definition) is 3. The first-order chi connectivity index (χ1) is 18.9. The van der Waals surface area contributed by atoms with Gasteiger partial charge in [-0.15, -0.1) is 0 Å². The fourth-order valence-electron chi connectivity index (χ4n) is 4.45. The van der Waals surface area contributed by atoms with Gasteiger partial charge in [0.05, 0.1) is 0 Å². The molecule has 0 bridgehead atoms. The molecule has 0 heterocycles. The minimum atomic E-state index is -6.29. The maximum atomic E-state index is 14.7. The second kappa shape index (κ2) is 11.2. The highest BCUT2D eigenvalue weighted by Crippen LogP contribution is 2.54. The maximum absolute atomic E-state index is 14.7. The molecule has 218 valence electrons. The van der Waals surface area contributed by atoms with E-state index >= 15 is 0 Å². The molecule has 0 aliphatic rings. The normalized spacial score (nSPS) is 12.1. The van der Waals surface area contributed by atoms with Crippen molar-refractivity contribution in [3.63, 3.8) is 0 Å². The maximum Gasteiger partial charge on any atom is 0.435 e. The summed E-state index contributed by atoms with van der Waals surface area (Å²) in [5.74, 6) is -2.18. The second-order valence-electron chi connectivity index (χ2n) is 9.25. The first-order valence-corrected chi connectivity index (χ1v) is 11.9. The topological polar surface area (TPSA) is 83.7 Å². The van der Waals surface area contributed by atoms with Crippen LogP contribution in [-0.4, -0.2) is 43.7 Å². The Hall–Kier alpha value is -4.42. The zero-order valence-electron chi connectivity index (χ0n) is 21.9. The number of nitrogens with two attached hydrogens (primary N) is 1. The van der Waals surface area contributed by atoms with E-state index in [0.717, 1.165) is 23.6 Å². The number of aryl methyl sites for hydroxylation is 2. The molecule has 13 heteroatoms. The Morgan fingerprint density at radius 2 is 1.24 bits per heavy atom. The molecule has 0 fully saturated rings. The first-order valence-electron chi connectivity index (χ1n) is 11.9. The number of rotatable bonds is 7. The van der Waals surface area contributed by atoms with E-state index in [1.165, 1.54) is 43.4 Å². The van der Waals surface area contributed by atoms with E-state index in [2.05, 4.69) is 0 Å². The van der Waals surface area contributed by atoms with Gasteiger partial charge in [-0.25, -0.2) is 4.39 Å². The van der Waals surface area contributed by atoms with Crippen LogP contribution in [0.15, 0.2) is 66.7 Å². The predicted octanol–water partition coefficient (Wildman–Crippen LogP) is 6.00. The molecule has 0 aliphatic carbocycles. The summed E-state index contributed by atoms with van der Waals surface area (Å²) >= 11 is 0. The number of nitrogens with zero attached hydrogens (tertiary/aromatic N) is 2. The van der Waals surface area contributed by atoms with Gasteiger partial charge in [-0.1, -0.05) is 36.4 Å². The van der Waals surface area contributed by atoms with Crippen molar-refractivity contribution < 1.29 is 45.1 Å². The van der Waals surface area contributed by atoms with Crippen LogP contribution in [0, 0.1) is 13.8 Å². The van der Waals surface area contributed by atoms with Gasteiger partial charge in [0.1, 0.15) is 6.54 Å². The zero-order chi connectivity index (χ0) is 30.9. The molecular formula is C28H24F7N3O3. The third-order valence-electron chi connectivity index (χ3n) is 6.29. The summed E-state index contributed by atoms with van der Waals surface area (Å²) < 4.78 is 94.4. The summed E-state index contributed by atoms with van der Waals surface area (Å²) in [5.41, 5.74) is -2.15. The molecule has 3 aromatic rings. The van der Waals surface area contributed by atoms with Crippen LogP contribution >= 0.6 is 0 Å². The van der Waals surface area contributed by atoms with Crippen LogP contribution in [0.3, 0.4) is 0 Å². The van der Waals surface area contributed by atoms with Gasteiger partial charge in [-0.05, 0) is 55.3 Å². The summed E-state index contributed by atoms with van der Waals surface area (Å²) in [6.45, 7) is 1.77. The van der Waals surface area contributed by atoms with Gasteiger partial charge in [0.15, 0.2) is 0 Å². The zero-order valence-corrected chi connectivity index (χ0v) is 21.9. The molecular weight excluding hydrogens is 559 g/mol. The van der Waals surface area contributed by atoms with Crippen molar-refractivity contribution in [2.45, 2.75) is 31.9 Å². The number of benzene rings is 3. The van der Waals surface area contributed by atoms with E-state index in [1.54, 1.807) is 18.2 Å². The molecule has 0 saturated heterocycles. The van der Waals surface area contributed by atoms with Crippen LogP contribution in [0.2, 0.25) is 0 Å². The van der Waals surface area contributed by atoms with Gasteiger partial charge < -0.3 is 10.6 Å². The Bertz CT molecular complexity index is 1430. The van der Waals surface area contributed by atoms with Crippen molar-refractivity contribution in [1.82, 2.24) is 0 Å².